The van der Waals surface area contributed by atoms with E-state index in [-0.39, 0.29) is 0 Å². The van der Waals surface area contributed by atoms with Gasteiger partial charge in [-0.15, -0.1) is 0 Å². The maximum absolute atomic E-state index is 5.81. The van der Waals surface area contributed by atoms with Crippen LogP contribution in [0.4, 0.5) is 0 Å². The van der Waals surface area contributed by atoms with Crippen molar-refractivity contribution < 1.29 is 4.42 Å². The van der Waals surface area contributed by atoms with Crippen LogP contribution in [0.1, 0.15) is 11.1 Å². The van der Waals surface area contributed by atoms with Crippen molar-refractivity contribution in [3.8, 4) is 0 Å². The molecule has 0 radical (unpaired) electrons. The van der Waals surface area contributed by atoms with Gasteiger partial charge in [-0.3, -0.25) is 0 Å². The zero-order valence-corrected chi connectivity index (χ0v) is 9.00. The third-order valence-electron chi connectivity index (χ3n) is 2.18. The molecule has 1 heterocycles. The van der Waals surface area contributed by atoms with Gasteiger partial charge in [0.15, 0.2) is 5.22 Å². The van der Waals surface area contributed by atoms with Crippen LogP contribution in [-0.4, -0.2) is 0 Å². The summed E-state index contributed by atoms with van der Waals surface area (Å²) in [5, 5.41) is 3.77. The van der Waals surface area contributed by atoms with Crippen LogP contribution in [0.3, 0.4) is 0 Å². The Bertz CT molecular complexity index is 411. The van der Waals surface area contributed by atoms with Gasteiger partial charge in [0.1, 0.15) is 0 Å². The van der Waals surface area contributed by atoms with Crippen molar-refractivity contribution in [1.82, 2.24) is 5.32 Å². The fourth-order valence-corrected chi connectivity index (χ4v) is 1.56. The molecule has 2 nitrogen and oxygen atoms in total. The first-order valence-electron chi connectivity index (χ1n) is 4.83. The molecule has 15 heavy (non-hydrogen) atoms. The molecule has 0 amide bonds. The van der Waals surface area contributed by atoms with Gasteiger partial charge >= 0.3 is 0 Å². The Hall–Kier alpha value is -1.25. The number of nitrogens with one attached hydrogen (secondary N) is 1. The quantitative estimate of drug-likeness (QED) is 0.858. The molecular formula is C12H12ClNO. The summed E-state index contributed by atoms with van der Waals surface area (Å²) in [6, 6.07) is 12.1. The highest BCUT2D eigenvalue weighted by Gasteiger charge is 2.01. The zero-order chi connectivity index (χ0) is 10.5. The molecular weight excluding hydrogens is 210 g/mol. The van der Waals surface area contributed by atoms with Gasteiger partial charge in [-0.2, -0.15) is 0 Å². The zero-order valence-electron chi connectivity index (χ0n) is 8.24. The third kappa shape index (κ3) is 2.85. The van der Waals surface area contributed by atoms with E-state index in [2.05, 4.69) is 17.4 Å². The summed E-state index contributed by atoms with van der Waals surface area (Å²) in [6.07, 6.45) is 1.60. The lowest BCUT2D eigenvalue weighted by atomic mass is 10.2. The van der Waals surface area contributed by atoms with Gasteiger partial charge in [0.25, 0.3) is 0 Å². The molecule has 1 aromatic carbocycles. The number of benzene rings is 1. The van der Waals surface area contributed by atoms with E-state index in [0.29, 0.717) is 5.22 Å². The summed E-state index contributed by atoms with van der Waals surface area (Å²) in [6.45, 7) is 1.56. The first kappa shape index (κ1) is 10.3. The number of halogens is 1. The standard InChI is InChI=1S/C12H12ClNO/c13-12-11(6-7-15-12)9-14-8-10-4-2-1-3-5-10/h1-7,14H,8-9H2. The van der Waals surface area contributed by atoms with E-state index in [1.54, 1.807) is 6.26 Å². The number of furan rings is 1. The Kier molecular flexibility index (Phi) is 3.43. The monoisotopic (exact) mass is 221 g/mol. The van der Waals surface area contributed by atoms with E-state index in [9.17, 15) is 0 Å². The average Bonchev–Trinajstić information content (AvgIpc) is 2.66. The molecule has 2 aromatic rings. The van der Waals surface area contributed by atoms with Crippen molar-refractivity contribution in [2.75, 3.05) is 0 Å². The lowest BCUT2D eigenvalue weighted by Crippen LogP contribution is -2.12. The Balaban J connectivity index is 1.83. The number of hydrogen-bond acceptors (Lipinski definition) is 2. The van der Waals surface area contributed by atoms with Gasteiger partial charge in [-0.05, 0) is 23.2 Å². The van der Waals surface area contributed by atoms with E-state index < -0.39 is 0 Å². The molecule has 0 unspecified atom stereocenters. The van der Waals surface area contributed by atoms with Gasteiger partial charge in [0, 0.05) is 18.7 Å². The van der Waals surface area contributed by atoms with Crippen LogP contribution in [0.2, 0.25) is 5.22 Å². The highest BCUT2D eigenvalue weighted by molar-refractivity contribution is 6.29. The first-order chi connectivity index (χ1) is 7.36. The maximum atomic E-state index is 5.81. The van der Waals surface area contributed by atoms with Crippen LogP contribution in [-0.2, 0) is 13.1 Å². The number of rotatable bonds is 4. The van der Waals surface area contributed by atoms with Crippen molar-refractivity contribution in [2.45, 2.75) is 13.1 Å². The molecule has 78 valence electrons. The minimum atomic E-state index is 0.468. The van der Waals surface area contributed by atoms with E-state index in [1.807, 2.05) is 24.3 Å². The highest BCUT2D eigenvalue weighted by atomic mass is 35.5. The fourth-order valence-electron chi connectivity index (χ4n) is 1.38. The van der Waals surface area contributed by atoms with Crippen molar-refractivity contribution >= 4 is 11.6 Å². The second-order valence-electron chi connectivity index (χ2n) is 3.31. The lowest BCUT2D eigenvalue weighted by Gasteiger charge is -2.03. The van der Waals surface area contributed by atoms with Crippen molar-refractivity contribution in [2.24, 2.45) is 0 Å². The van der Waals surface area contributed by atoms with Gasteiger partial charge in [0.05, 0.1) is 6.26 Å². The summed E-state index contributed by atoms with van der Waals surface area (Å²) < 4.78 is 4.99. The molecule has 0 aliphatic rings. The Morgan fingerprint density at radius 1 is 1.07 bits per heavy atom. The van der Waals surface area contributed by atoms with Crippen LogP contribution in [0.25, 0.3) is 0 Å². The summed E-state index contributed by atoms with van der Waals surface area (Å²) in [5.74, 6) is 0. The minimum Gasteiger partial charge on any atom is -0.453 e. The van der Waals surface area contributed by atoms with E-state index in [0.717, 1.165) is 18.7 Å². The molecule has 0 atom stereocenters. The molecule has 3 heteroatoms. The van der Waals surface area contributed by atoms with Gasteiger partial charge in [-0.25, -0.2) is 0 Å². The molecule has 0 saturated heterocycles. The second-order valence-corrected chi connectivity index (χ2v) is 3.65. The van der Waals surface area contributed by atoms with Crippen molar-refractivity contribution in [3.63, 3.8) is 0 Å². The molecule has 1 aromatic heterocycles. The average molecular weight is 222 g/mol. The molecule has 0 spiro atoms. The Morgan fingerprint density at radius 3 is 2.53 bits per heavy atom. The van der Waals surface area contributed by atoms with E-state index >= 15 is 0 Å². The van der Waals surface area contributed by atoms with Gasteiger partial charge < -0.3 is 9.73 Å². The van der Waals surface area contributed by atoms with Crippen molar-refractivity contribution in [3.05, 3.63) is 59.0 Å². The molecule has 2 rings (SSSR count). The highest BCUT2D eigenvalue weighted by Crippen LogP contribution is 2.16. The molecule has 0 saturated carbocycles. The molecule has 0 aliphatic heterocycles. The summed E-state index contributed by atoms with van der Waals surface area (Å²) >= 11 is 5.81. The summed E-state index contributed by atoms with van der Waals surface area (Å²) in [7, 11) is 0. The largest absolute Gasteiger partial charge is 0.453 e. The third-order valence-corrected chi connectivity index (χ3v) is 2.51. The van der Waals surface area contributed by atoms with Crippen LogP contribution < -0.4 is 5.32 Å². The van der Waals surface area contributed by atoms with Crippen LogP contribution >= 0.6 is 11.6 Å². The van der Waals surface area contributed by atoms with E-state index in [1.165, 1.54) is 5.56 Å². The van der Waals surface area contributed by atoms with Gasteiger partial charge in [0.2, 0.25) is 0 Å². The summed E-state index contributed by atoms with van der Waals surface area (Å²) in [4.78, 5) is 0. The molecule has 0 fully saturated rings. The minimum absolute atomic E-state index is 0.468. The van der Waals surface area contributed by atoms with E-state index in [4.69, 9.17) is 16.0 Å². The maximum Gasteiger partial charge on any atom is 0.197 e. The molecule has 0 bridgehead atoms. The van der Waals surface area contributed by atoms with Crippen LogP contribution in [0.5, 0.6) is 0 Å². The normalized spacial score (nSPS) is 10.5. The topological polar surface area (TPSA) is 25.2 Å². The number of hydrogen-bond donors (Lipinski definition) is 1. The molecule has 1 N–H and O–H groups in total. The van der Waals surface area contributed by atoms with Gasteiger partial charge in [-0.1, -0.05) is 30.3 Å². The second kappa shape index (κ2) is 5.01. The Labute approximate surface area is 93.9 Å². The van der Waals surface area contributed by atoms with Crippen molar-refractivity contribution in [1.29, 1.82) is 0 Å². The lowest BCUT2D eigenvalue weighted by molar-refractivity contribution is 0.562. The van der Waals surface area contributed by atoms with Crippen LogP contribution in [0, 0.1) is 0 Å². The van der Waals surface area contributed by atoms with Crippen LogP contribution in [0.15, 0.2) is 47.1 Å². The predicted octanol–water partition coefficient (Wildman–Crippen LogP) is 3.22. The fraction of sp³-hybridized carbons (Fsp3) is 0.167. The predicted molar refractivity (Wildman–Crippen MR) is 60.7 cm³/mol. The first-order valence-corrected chi connectivity index (χ1v) is 5.20. The smallest absolute Gasteiger partial charge is 0.197 e. The SMILES string of the molecule is Clc1occc1CNCc1ccccc1. The molecule has 0 aliphatic carbocycles. The Morgan fingerprint density at radius 2 is 1.87 bits per heavy atom. The summed E-state index contributed by atoms with van der Waals surface area (Å²) in [5.41, 5.74) is 2.25.